The van der Waals surface area contributed by atoms with Crippen LogP contribution in [0, 0.1) is 24.0 Å². The lowest BCUT2D eigenvalue weighted by Gasteiger charge is -2.08. The highest BCUT2D eigenvalue weighted by Gasteiger charge is 2.16. The fourth-order valence-corrected chi connectivity index (χ4v) is 2.66. The molecule has 0 aliphatic rings. The molecule has 134 valence electrons. The Hall–Kier alpha value is -3.42. The number of hydrogen-bond acceptors (Lipinski definition) is 5. The molecule has 0 aliphatic heterocycles. The molecule has 1 amide bonds. The molecule has 0 bridgehead atoms. The summed E-state index contributed by atoms with van der Waals surface area (Å²) in [5.41, 5.74) is 4.04. The van der Waals surface area contributed by atoms with E-state index in [1.807, 2.05) is 48.9 Å². The summed E-state index contributed by atoms with van der Waals surface area (Å²) in [7, 11) is 0. The van der Waals surface area contributed by atoms with Crippen molar-refractivity contribution in [3.63, 3.8) is 0 Å². The van der Waals surface area contributed by atoms with Crippen LogP contribution in [0.25, 0.3) is 0 Å². The Kier molecular flexibility index (Phi) is 4.83. The van der Waals surface area contributed by atoms with Crippen molar-refractivity contribution in [2.45, 2.75) is 26.9 Å². The highest BCUT2D eigenvalue weighted by molar-refractivity contribution is 5.91. The smallest absolute Gasteiger partial charge is 0.395 e. The third kappa shape index (κ3) is 3.97. The summed E-state index contributed by atoms with van der Waals surface area (Å²) in [5.74, 6) is -1.04. The van der Waals surface area contributed by atoms with Crippen molar-refractivity contribution in [2.75, 3.05) is 0 Å². The third-order valence-electron chi connectivity index (χ3n) is 3.88. The van der Waals surface area contributed by atoms with Crippen molar-refractivity contribution >= 4 is 11.8 Å². The van der Waals surface area contributed by atoms with Gasteiger partial charge >= 0.3 is 5.88 Å². The predicted molar refractivity (Wildman–Crippen MR) is 93.8 cm³/mol. The van der Waals surface area contributed by atoms with Crippen molar-refractivity contribution in [1.82, 2.24) is 15.1 Å². The zero-order chi connectivity index (χ0) is 18.7. The second-order valence-corrected chi connectivity index (χ2v) is 5.98. The highest BCUT2D eigenvalue weighted by Crippen LogP contribution is 2.16. The Morgan fingerprint density at radius 1 is 1.23 bits per heavy atom. The van der Waals surface area contributed by atoms with E-state index in [0.29, 0.717) is 6.54 Å². The maximum absolute atomic E-state index is 12.0. The molecule has 0 aliphatic carbocycles. The standard InChI is InChI=1S/C18H18N4O4/c1-12-8-13(2)21(20-12)11-15-5-3-4-14(9-15)10-19-18(23)16-6-7-17(26-16)22(24)25/h3-9H,10-11H2,1-2H3,(H,19,23). The summed E-state index contributed by atoms with van der Waals surface area (Å²) in [6.07, 6.45) is 0. The molecule has 2 aromatic heterocycles. The van der Waals surface area contributed by atoms with E-state index in [4.69, 9.17) is 4.42 Å². The Balaban J connectivity index is 1.64. The molecule has 0 saturated carbocycles. The number of nitro groups is 1. The van der Waals surface area contributed by atoms with Gasteiger partial charge in [-0.3, -0.25) is 19.6 Å². The van der Waals surface area contributed by atoms with Gasteiger partial charge in [-0.15, -0.1) is 0 Å². The van der Waals surface area contributed by atoms with Crippen LogP contribution in [-0.2, 0) is 13.1 Å². The van der Waals surface area contributed by atoms with Crippen molar-refractivity contribution in [1.29, 1.82) is 0 Å². The number of nitrogens with one attached hydrogen (secondary N) is 1. The maximum atomic E-state index is 12.0. The number of nitrogens with zero attached hydrogens (tertiary/aromatic N) is 3. The second-order valence-electron chi connectivity index (χ2n) is 5.98. The predicted octanol–water partition coefficient (Wildman–Crippen LogP) is 2.98. The highest BCUT2D eigenvalue weighted by atomic mass is 16.6. The molecule has 8 heteroatoms. The molecule has 0 spiro atoms. The Morgan fingerprint density at radius 3 is 2.65 bits per heavy atom. The molecule has 1 N–H and O–H groups in total. The van der Waals surface area contributed by atoms with E-state index in [9.17, 15) is 14.9 Å². The van der Waals surface area contributed by atoms with E-state index < -0.39 is 16.7 Å². The van der Waals surface area contributed by atoms with Gasteiger partial charge in [-0.25, -0.2) is 0 Å². The van der Waals surface area contributed by atoms with Gasteiger partial charge < -0.3 is 9.73 Å². The molecule has 0 unspecified atom stereocenters. The minimum absolute atomic E-state index is 0.0875. The van der Waals surface area contributed by atoms with E-state index >= 15 is 0 Å². The number of furan rings is 1. The van der Waals surface area contributed by atoms with Crippen LogP contribution in [0.15, 0.2) is 46.9 Å². The normalized spacial score (nSPS) is 10.7. The van der Waals surface area contributed by atoms with Crippen molar-refractivity contribution in [3.05, 3.63) is 80.9 Å². The topological polar surface area (TPSA) is 103 Å². The molecule has 0 saturated heterocycles. The van der Waals surface area contributed by atoms with Crippen LogP contribution in [0.4, 0.5) is 5.88 Å². The molecule has 2 heterocycles. The van der Waals surface area contributed by atoms with Crippen molar-refractivity contribution in [3.8, 4) is 0 Å². The largest absolute Gasteiger partial charge is 0.433 e. The number of carbonyl (C=O) groups is 1. The lowest BCUT2D eigenvalue weighted by atomic mass is 10.1. The summed E-state index contributed by atoms with van der Waals surface area (Å²) in [6.45, 7) is 4.89. The lowest BCUT2D eigenvalue weighted by Crippen LogP contribution is -2.22. The van der Waals surface area contributed by atoms with Gasteiger partial charge in [-0.1, -0.05) is 24.3 Å². The first-order valence-electron chi connectivity index (χ1n) is 8.03. The average Bonchev–Trinajstić information content (AvgIpc) is 3.20. The lowest BCUT2D eigenvalue weighted by molar-refractivity contribution is -0.402. The van der Waals surface area contributed by atoms with Gasteiger partial charge in [0.2, 0.25) is 0 Å². The van der Waals surface area contributed by atoms with E-state index in [1.165, 1.54) is 6.07 Å². The first-order valence-corrected chi connectivity index (χ1v) is 8.03. The number of aromatic nitrogens is 2. The zero-order valence-electron chi connectivity index (χ0n) is 14.4. The van der Waals surface area contributed by atoms with E-state index in [0.717, 1.165) is 28.6 Å². The molecular weight excluding hydrogens is 336 g/mol. The number of rotatable bonds is 6. The van der Waals surface area contributed by atoms with Crippen LogP contribution < -0.4 is 5.32 Å². The first kappa shape index (κ1) is 17.4. The summed E-state index contributed by atoms with van der Waals surface area (Å²) in [5, 5.41) is 17.7. The minimum atomic E-state index is -0.681. The Bertz CT molecular complexity index is 958. The number of aryl methyl sites for hydroxylation is 2. The molecule has 0 radical (unpaired) electrons. The summed E-state index contributed by atoms with van der Waals surface area (Å²) in [4.78, 5) is 22.0. The van der Waals surface area contributed by atoms with E-state index in [2.05, 4.69) is 10.4 Å². The van der Waals surface area contributed by atoms with Crippen LogP contribution >= 0.6 is 0 Å². The molecule has 26 heavy (non-hydrogen) atoms. The first-order chi connectivity index (χ1) is 12.4. The van der Waals surface area contributed by atoms with Gasteiger partial charge in [0.1, 0.15) is 4.92 Å². The van der Waals surface area contributed by atoms with Crippen LogP contribution in [0.2, 0.25) is 0 Å². The van der Waals surface area contributed by atoms with Crippen LogP contribution in [0.5, 0.6) is 0 Å². The SMILES string of the molecule is Cc1cc(C)n(Cc2cccc(CNC(=O)c3ccc([N+](=O)[O-])o3)c2)n1. The van der Waals surface area contributed by atoms with Gasteiger partial charge in [0.05, 0.1) is 18.3 Å². The number of carbonyl (C=O) groups excluding carboxylic acids is 1. The van der Waals surface area contributed by atoms with Crippen molar-refractivity contribution < 1.29 is 14.1 Å². The van der Waals surface area contributed by atoms with Gasteiger partial charge in [0.25, 0.3) is 5.91 Å². The van der Waals surface area contributed by atoms with Crippen LogP contribution in [0.3, 0.4) is 0 Å². The maximum Gasteiger partial charge on any atom is 0.433 e. The molecular formula is C18H18N4O4. The Morgan fingerprint density at radius 2 is 2.00 bits per heavy atom. The third-order valence-corrected chi connectivity index (χ3v) is 3.88. The number of hydrogen-bond donors (Lipinski definition) is 1. The second kappa shape index (κ2) is 7.22. The quantitative estimate of drug-likeness (QED) is 0.541. The number of benzene rings is 1. The summed E-state index contributed by atoms with van der Waals surface area (Å²) in [6, 6.07) is 12.3. The van der Waals surface area contributed by atoms with Gasteiger partial charge in [0.15, 0.2) is 5.76 Å². The van der Waals surface area contributed by atoms with Crippen LogP contribution in [-0.4, -0.2) is 20.6 Å². The van der Waals surface area contributed by atoms with Crippen molar-refractivity contribution in [2.24, 2.45) is 0 Å². The summed E-state index contributed by atoms with van der Waals surface area (Å²) >= 11 is 0. The molecule has 3 aromatic rings. The van der Waals surface area contributed by atoms with Gasteiger partial charge in [-0.2, -0.15) is 5.10 Å². The fourth-order valence-electron chi connectivity index (χ4n) is 2.66. The molecule has 0 fully saturated rings. The van der Waals surface area contributed by atoms with E-state index in [-0.39, 0.29) is 12.3 Å². The van der Waals surface area contributed by atoms with Gasteiger partial charge in [-0.05, 0) is 37.1 Å². The van der Waals surface area contributed by atoms with Gasteiger partial charge in [0, 0.05) is 12.2 Å². The zero-order valence-corrected chi connectivity index (χ0v) is 14.4. The summed E-state index contributed by atoms with van der Waals surface area (Å²) < 4.78 is 6.82. The van der Waals surface area contributed by atoms with Crippen LogP contribution in [0.1, 0.15) is 33.1 Å². The minimum Gasteiger partial charge on any atom is -0.395 e. The van der Waals surface area contributed by atoms with E-state index in [1.54, 1.807) is 0 Å². The molecule has 0 atom stereocenters. The molecule has 8 nitrogen and oxygen atoms in total. The Labute approximate surface area is 149 Å². The molecule has 3 rings (SSSR count). The fraction of sp³-hybridized carbons (Fsp3) is 0.222. The monoisotopic (exact) mass is 354 g/mol. The average molecular weight is 354 g/mol. The molecule has 1 aromatic carbocycles. The number of amides is 1.